The topological polar surface area (TPSA) is 91.9 Å². The Morgan fingerprint density at radius 2 is 1.83 bits per heavy atom. The Labute approximate surface area is 245 Å². The first-order valence-corrected chi connectivity index (χ1v) is 14.5. The van der Waals surface area contributed by atoms with Crippen molar-refractivity contribution in [2.75, 3.05) is 6.61 Å². The van der Waals surface area contributed by atoms with Crippen LogP contribution in [0.5, 0.6) is 0 Å². The highest BCUT2D eigenvalue weighted by Crippen LogP contribution is 2.32. The summed E-state index contributed by atoms with van der Waals surface area (Å²) in [6.07, 6.45) is 1.50. The van der Waals surface area contributed by atoms with E-state index in [2.05, 4.69) is 4.99 Å². The lowest BCUT2D eigenvalue weighted by molar-refractivity contribution is -0.144. The molecule has 3 heterocycles. The molecule has 0 amide bonds. The summed E-state index contributed by atoms with van der Waals surface area (Å²) < 4.78 is 14.7. The van der Waals surface area contributed by atoms with Crippen molar-refractivity contribution in [3.05, 3.63) is 101 Å². The maximum absolute atomic E-state index is 14.1. The molecule has 1 unspecified atom stereocenters. The van der Waals surface area contributed by atoms with Crippen LogP contribution >= 0.6 is 22.9 Å². The minimum atomic E-state index is -0.733. The fourth-order valence-corrected chi connectivity index (χ4v) is 6.29. The van der Waals surface area contributed by atoms with E-state index in [1.54, 1.807) is 56.5 Å². The van der Waals surface area contributed by atoms with E-state index in [0.717, 1.165) is 22.2 Å². The van der Waals surface area contributed by atoms with Gasteiger partial charge in [0, 0.05) is 27.2 Å². The van der Waals surface area contributed by atoms with Crippen LogP contribution in [0.2, 0.25) is 5.02 Å². The van der Waals surface area contributed by atoms with Gasteiger partial charge in [0.15, 0.2) is 4.80 Å². The summed E-state index contributed by atoms with van der Waals surface area (Å²) >= 11 is 7.42. The van der Waals surface area contributed by atoms with Crippen LogP contribution in [0.15, 0.2) is 69.6 Å². The van der Waals surface area contributed by atoms with E-state index in [4.69, 9.17) is 21.1 Å². The van der Waals surface area contributed by atoms with Gasteiger partial charge >= 0.3 is 11.9 Å². The Kier molecular flexibility index (Phi) is 8.02. The monoisotopic (exact) mass is 591 g/mol. The van der Waals surface area contributed by atoms with Crippen molar-refractivity contribution in [3.63, 3.8) is 0 Å². The van der Waals surface area contributed by atoms with Gasteiger partial charge in [0.25, 0.3) is 5.56 Å². The second kappa shape index (κ2) is 11.5. The molecule has 2 aromatic carbocycles. The maximum Gasteiger partial charge on any atom is 0.338 e. The van der Waals surface area contributed by atoms with Gasteiger partial charge in [-0.1, -0.05) is 53.3 Å². The molecule has 0 saturated heterocycles. The van der Waals surface area contributed by atoms with Crippen molar-refractivity contribution in [2.45, 2.75) is 53.3 Å². The summed E-state index contributed by atoms with van der Waals surface area (Å²) in [5.41, 5.74) is 3.76. The van der Waals surface area contributed by atoms with E-state index in [0.29, 0.717) is 37.8 Å². The molecule has 0 fully saturated rings. The fraction of sp³-hybridized carbons (Fsp3) is 0.290. The molecule has 8 nitrogen and oxygen atoms in total. The molecule has 0 radical (unpaired) electrons. The minimum Gasteiger partial charge on any atom is -0.465 e. The molecule has 10 heteroatoms. The summed E-state index contributed by atoms with van der Waals surface area (Å²) in [5, 5.41) is 1.45. The van der Waals surface area contributed by atoms with Crippen LogP contribution in [0.4, 0.5) is 0 Å². The van der Waals surface area contributed by atoms with Gasteiger partial charge in [0.05, 0.1) is 34.6 Å². The number of nitrogens with zero attached hydrogens (tertiary/aromatic N) is 3. The molecule has 2 aromatic heterocycles. The Morgan fingerprint density at radius 1 is 1.12 bits per heavy atom. The minimum absolute atomic E-state index is 0.0619. The molecule has 212 valence electrons. The van der Waals surface area contributed by atoms with Gasteiger partial charge in [-0.05, 0) is 64.5 Å². The van der Waals surface area contributed by atoms with Crippen LogP contribution in [0.3, 0.4) is 0 Å². The summed E-state index contributed by atoms with van der Waals surface area (Å²) in [4.78, 5) is 44.9. The normalized spacial score (nSPS) is 15.3. The van der Waals surface area contributed by atoms with Crippen molar-refractivity contribution in [2.24, 2.45) is 4.99 Å². The maximum atomic E-state index is 14.1. The lowest BCUT2D eigenvalue weighted by Gasteiger charge is -2.25. The largest absolute Gasteiger partial charge is 0.465 e. The van der Waals surface area contributed by atoms with Crippen LogP contribution in [0.1, 0.15) is 50.6 Å². The van der Waals surface area contributed by atoms with Crippen LogP contribution in [0.25, 0.3) is 17.0 Å². The molecule has 41 heavy (non-hydrogen) atoms. The number of carbonyl (C=O) groups is 2. The third-order valence-electron chi connectivity index (χ3n) is 6.92. The Morgan fingerprint density at radius 3 is 2.51 bits per heavy atom. The predicted octanol–water partition coefficient (Wildman–Crippen LogP) is 4.67. The third kappa shape index (κ3) is 5.39. The summed E-state index contributed by atoms with van der Waals surface area (Å²) in [6, 6.07) is 14.1. The van der Waals surface area contributed by atoms with Gasteiger partial charge in [-0.2, -0.15) is 0 Å². The molecule has 1 aliphatic heterocycles. The van der Waals surface area contributed by atoms with Crippen LogP contribution in [-0.4, -0.2) is 33.8 Å². The van der Waals surface area contributed by atoms with Crippen LogP contribution in [0, 0.1) is 6.92 Å². The van der Waals surface area contributed by atoms with Gasteiger partial charge in [0.1, 0.15) is 6.54 Å². The second-order valence-electron chi connectivity index (χ2n) is 9.99. The Hall–Kier alpha value is -3.95. The summed E-state index contributed by atoms with van der Waals surface area (Å²) in [6.45, 7) is 9.37. The number of esters is 2. The Bertz CT molecular complexity index is 1880. The van der Waals surface area contributed by atoms with Crippen LogP contribution in [-0.2, 0) is 25.6 Å². The number of rotatable bonds is 7. The number of ether oxygens (including phenoxy) is 2. The van der Waals surface area contributed by atoms with Gasteiger partial charge in [0.2, 0.25) is 0 Å². The molecule has 0 spiro atoms. The third-order valence-corrected chi connectivity index (χ3v) is 8.15. The van der Waals surface area contributed by atoms with E-state index in [9.17, 15) is 14.4 Å². The average Bonchev–Trinajstić information content (AvgIpc) is 3.36. The van der Waals surface area contributed by atoms with Crippen LogP contribution < -0.4 is 14.9 Å². The van der Waals surface area contributed by atoms with E-state index in [1.165, 1.54) is 11.3 Å². The highest BCUT2D eigenvalue weighted by atomic mass is 35.5. The number of hydrogen-bond acceptors (Lipinski definition) is 7. The van der Waals surface area contributed by atoms with Gasteiger partial charge in [-0.3, -0.25) is 14.2 Å². The molecule has 1 atom stereocenters. The van der Waals surface area contributed by atoms with Gasteiger partial charge in [-0.15, -0.1) is 0 Å². The molecular weight excluding hydrogens is 562 g/mol. The van der Waals surface area contributed by atoms with Crippen molar-refractivity contribution in [1.82, 2.24) is 9.13 Å². The van der Waals surface area contributed by atoms with Crippen molar-refractivity contribution >= 4 is 51.9 Å². The summed E-state index contributed by atoms with van der Waals surface area (Å²) in [5.74, 6) is -0.852. The lowest BCUT2D eigenvalue weighted by Crippen LogP contribution is -2.40. The first-order valence-electron chi connectivity index (χ1n) is 13.3. The SMILES string of the molecule is CCOC(=O)Cn1c(C)c(C=c2sc3n(c2=O)C(c2ccc(Cl)cc2)C(C(=O)OC(C)C)=C(C)N=3)c2ccccc21. The predicted molar refractivity (Wildman–Crippen MR) is 160 cm³/mol. The standard InChI is InChI=1S/C31H30ClN3O5S/c1-6-39-26(36)16-34-19(5)23(22-9-7-8-10-24(22)34)15-25-29(37)35-28(20-11-13-21(32)14-12-20)27(30(38)40-17(2)3)18(4)33-31(35)41-25/h7-15,17,28H,6,16H2,1-5H3. The number of carbonyl (C=O) groups excluding carboxylic acids is 2. The second-order valence-corrected chi connectivity index (χ2v) is 11.4. The van der Waals surface area contributed by atoms with Crippen molar-refractivity contribution < 1.29 is 19.1 Å². The molecule has 0 N–H and O–H groups in total. The van der Waals surface area contributed by atoms with E-state index >= 15 is 0 Å². The van der Waals surface area contributed by atoms with Gasteiger partial charge in [-0.25, -0.2) is 9.79 Å². The lowest BCUT2D eigenvalue weighted by atomic mass is 9.96. The first-order chi connectivity index (χ1) is 19.6. The van der Waals surface area contributed by atoms with Crippen molar-refractivity contribution in [3.8, 4) is 0 Å². The zero-order valence-corrected chi connectivity index (χ0v) is 25.0. The number of fused-ring (bicyclic) bond motifs is 2. The molecule has 5 rings (SSSR count). The van der Waals surface area contributed by atoms with E-state index < -0.39 is 12.0 Å². The number of hydrogen-bond donors (Lipinski definition) is 0. The molecule has 4 aromatic rings. The zero-order chi connectivity index (χ0) is 29.4. The number of aromatic nitrogens is 2. The first kappa shape index (κ1) is 28.6. The quantitative estimate of drug-likeness (QED) is 0.291. The molecule has 0 saturated carbocycles. The molecular formula is C31H30ClN3O5S. The highest BCUT2D eigenvalue weighted by molar-refractivity contribution is 7.07. The zero-order valence-electron chi connectivity index (χ0n) is 23.4. The molecule has 1 aliphatic rings. The fourth-order valence-electron chi connectivity index (χ4n) is 5.13. The number of thiazole rings is 1. The smallest absolute Gasteiger partial charge is 0.338 e. The number of halogens is 1. The van der Waals surface area contributed by atoms with Crippen molar-refractivity contribution in [1.29, 1.82) is 0 Å². The molecule has 0 bridgehead atoms. The number of benzene rings is 2. The van der Waals surface area contributed by atoms with E-state index in [1.807, 2.05) is 41.8 Å². The molecule has 0 aliphatic carbocycles. The van der Waals surface area contributed by atoms with E-state index in [-0.39, 0.29) is 24.2 Å². The average molecular weight is 592 g/mol. The number of para-hydroxylation sites is 1. The van der Waals surface area contributed by atoms with Gasteiger partial charge < -0.3 is 14.0 Å². The summed E-state index contributed by atoms with van der Waals surface area (Å²) in [7, 11) is 0. The Balaban J connectivity index is 1.72. The highest BCUT2D eigenvalue weighted by Gasteiger charge is 2.34. The number of allylic oxidation sites excluding steroid dienone is 1.